The number of carbonyl (C=O) groups is 7. The van der Waals surface area contributed by atoms with Crippen LogP contribution in [-0.4, -0.2) is 130 Å². The molecule has 21 nitrogen and oxygen atoms in total. The highest BCUT2D eigenvalue weighted by Gasteiger charge is 2.34. The predicted molar refractivity (Wildman–Crippen MR) is 219 cm³/mol. The molecule has 0 aliphatic heterocycles. The normalized spacial score (nSPS) is 13.9. The van der Waals surface area contributed by atoms with E-state index < -0.39 is 84.1 Å². The van der Waals surface area contributed by atoms with E-state index in [1.807, 2.05) is 6.26 Å². The number of carbonyl (C=O) groups excluding carboxylic acids is 5. The van der Waals surface area contributed by atoms with Crippen LogP contribution in [0.25, 0.3) is 0 Å². The molecule has 0 saturated carbocycles. The maximum Gasteiger partial charge on any atom is 0.326 e. The Bertz CT molecular complexity index is 2090. The van der Waals surface area contributed by atoms with Crippen molar-refractivity contribution in [2.24, 2.45) is 5.73 Å². The third-order valence-corrected chi connectivity index (χ3v) is 9.85. The second kappa shape index (κ2) is 23.0. The van der Waals surface area contributed by atoms with E-state index in [4.69, 9.17) is 5.73 Å². The lowest BCUT2D eigenvalue weighted by Gasteiger charge is -2.27. The lowest BCUT2D eigenvalue weighted by Crippen LogP contribution is -2.60. The van der Waals surface area contributed by atoms with Crippen LogP contribution in [0.4, 0.5) is 0 Å². The Labute approximate surface area is 353 Å². The predicted octanol–water partition coefficient (Wildman–Crippen LogP) is -1.12. The van der Waals surface area contributed by atoms with Gasteiger partial charge in [0.15, 0.2) is 0 Å². The summed E-state index contributed by atoms with van der Waals surface area (Å²) in [6.45, 7) is 0. The number of thioether (sulfide) groups is 1. The van der Waals surface area contributed by atoms with Gasteiger partial charge in [-0.15, -0.1) is 0 Å². The van der Waals surface area contributed by atoms with Crippen LogP contribution in [0.1, 0.15) is 35.4 Å². The fraction of sp³-hybridized carbons (Fsp3) is 0.359. The number of phenols is 2. The first kappa shape index (κ1) is 46.7. The van der Waals surface area contributed by atoms with Gasteiger partial charge >= 0.3 is 11.9 Å². The first-order chi connectivity index (χ1) is 29.1. The number of aromatic nitrogens is 4. The van der Waals surface area contributed by atoms with Crippen molar-refractivity contribution in [1.29, 1.82) is 0 Å². The molecule has 326 valence electrons. The average Bonchev–Trinajstić information content (AvgIpc) is 3.95. The minimum Gasteiger partial charge on any atom is -0.508 e. The SMILES string of the molecule is CSCC[C@H](N)C(=O)N[C@@H](Cc1cnc[nH]1)C(=O)N[C@@H](Cc1ccc(O)cc1)C(=O)N[C@@H](CC(=O)O)C(=O)N[C@@H](Cc1cnc[nH]1)C(=O)N[C@@H](Cc1ccc(O)cc1)C(=O)O. The second-order valence-corrected chi connectivity index (χ2v) is 14.9. The van der Waals surface area contributed by atoms with Crippen molar-refractivity contribution < 1.29 is 54.0 Å². The standard InChI is InChI=1S/C39H48N10O11S/c1-61-11-10-27(40)34(54)45-29(14-23-17-41-19-43-23)36(56)46-28(12-21-2-6-25(50)7-3-21)35(55)48-31(16-33(52)53)38(58)47-30(15-24-18-42-20-44-24)37(57)49-32(39(59)60)13-22-4-8-26(51)9-5-22/h2-9,17-20,27-32,50-51H,10-16,40H2,1H3,(H,41,43)(H,42,44)(H,45,54)(H,46,56)(H,47,58)(H,48,55)(H,49,57)(H,52,53)(H,59,60)/t27-,28-,29-,30-,31-,32-/m0/s1. The Kier molecular flexibility index (Phi) is 17.6. The Hall–Kier alpha value is -6.94. The number of aliphatic carboxylic acids is 2. The number of aromatic amines is 2. The monoisotopic (exact) mass is 864 g/mol. The van der Waals surface area contributed by atoms with E-state index in [0.717, 1.165) is 0 Å². The summed E-state index contributed by atoms with van der Waals surface area (Å²) in [7, 11) is 0. The number of carboxylic acids is 2. The van der Waals surface area contributed by atoms with E-state index in [1.165, 1.54) is 85.3 Å². The molecule has 13 N–H and O–H groups in total. The lowest BCUT2D eigenvalue weighted by atomic mass is 10.0. The van der Waals surface area contributed by atoms with Gasteiger partial charge < -0.3 is 62.7 Å². The fourth-order valence-corrected chi connectivity index (χ4v) is 6.41. The molecule has 2 aromatic carbocycles. The molecular formula is C39H48N10O11S. The summed E-state index contributed by atoms with van der Waals surface area (Å²) < 4.78 is 0. The fourth-order valence-electron chi connectivity index (χ4n) is 5.92. The Balaban J connectivity index is 1.58. The number of nitrogens with zero attached hydrogens (tertiary/aromatic N) is 2. The van der Waals surface area contributed by atoms with E-state index in [9.17, 15) is 54.0 Å². The topological polar surface area (TPSA) is 344 Å². The maximum atomic E-state index is 14.1. The summed E-state index contributed by atoms with van der Waals surface area (Å²) in [4.78, 5) is 106. The van der Waals surface area contributed by atoms with Crippen molar-refractivity contribution >= 4 is 53.2 Å². The maximum absolute atomic E-state index is 14.1. The van der Waals surface area contributed by atoms with Crippen LogP contribution in [0.5, 0.6) is 11.5 Å². The molecule has 0 saturated heterocycles. The van der Waals surface area contributed by atoms with Gasteiger partial charge in [-0.3, -0.25) is 28.8 Å². The van der Waals surface area contributed by atoms with E-state index in [-0.39, 0.29) is 37.2 Å². The average molecular weight is 865 g/mol. The summed E-state index contributed by atoms with van der Waals surface area (Å²) in [5, 5.41) is 51.6. The number of benzene rings is 2. The van der Waals surface area contributed by atoms with Gasteiger partial charge in [-0.2, -0.15) is 11.8 Å². The van der Waals surface area contributed by atoms with Crippen molar-refractivity contribution in [3.05, 3.63) is 96.1 Å². The van der Waals surface area contributed by atoms with E-state index in [1.54, 1.807) is 0 Å². The lowest BCUT2D eigenvalue weighted by molar-refractivity contribution is -0.143. The molecule has 0 aliphatic rings. The summed E-state index contributed by atoms with van der Waals surface area (Å²) in [6, 6.07) is 2.65. The zero-order chi connectivity index (χ0) is 44.5. The molecule has 61 heavy (non-hydrogen) atoms. The summed E-state index contributed by atoms with van der Waals surface area (Å²) in [5.41, 5.74) is 7.75. The van der Waals surface area contributed by atoms with Gasteiger partial charge in [0.1, 0.15) is 41.7 Å². The highest BCUT2D eigenvalue weighted by molar-refractivity contribution is 7.98. The molecule has 4 rings (SSSR count). The van der Waals surface area contributed by atoms with Gasteiger partial charge in [0, 0.05) is 49.5 Å². The number of amides is 5. The van der Waals surface area contributed by atoms with Gasteiger partial charge in [0.2, 0.25) is 29.5 Å². The molecule has 2 aromatic heterocycles. The number of carboxylic acid groups (broad SMARTS) is 2. The van der Waals surface area contributed by atoms with E-state index in [2.05, 4.69) is 46.5 Å². The Morgan fingerprint density at radius 3 is 1.41 bits per heavy atom. The van der Waals surface area contributed by atoms with Crippen molar-refractivity contribution in [3.8, 4) is 11.5 Å². The summed E-state index contributed by atoms with van der Waals surface area (Å²) in [5.74, 6) is -7.10. The quantitative estimate of drug-likeness (QED) is 0.0397. The minimum atomic E-state index is -1.84. The summed E-state index contributed by atoms with van der Waals surface area (Å²) >= 11 is 1.48. The molecule has 2 heterocycles. The van der Waals surface area contributed by atoms with Crippen molar-refractivity contribution in [2.45, 2.75) is 74.8 Å². The smallest absolute Gasteiger partial charge is 0.326 e. The number of aromatic hydroxyl groups is 2. The first-order valence-electron chi connectivity index (χ1n) is 18.8. The van der Waals surface area contributed by atoms with Gasteiger partial charge in [-0.1, -0.05) is 24.3 Å². The van der Waals surface area contributed by atoms with Crippen molar-refractivity contribution in [2.75, 3.05) is 12.0 Å². The van der Waals surface area contributed by atoms with Crippen LogP contribution < -0.4 is 32.3 Å². The third-order valence-electron chi connectivity index (χ3n) is 9.21. The van der Waals surface area contributed by atoms with E-state index >= 15 is 0 Å². The molecule has 6 atom stereocenters. The van der Waals surface area contributed by atoms with Crippen LogP contribution >= 0.6 is 11.8 Å². The zero-order valence-corrected chi connectivity index (χ0v) is 33.7. The molecule has 0 unspecified atom stereocenters. The number of hydrogen-bond acceptors (Lipinski definition) is 13. The van der Waals surface area contributed by atoms with Gasteiger partial charge in [0.25, 0.3) is 0 Å². The molecule has 22 heteroatoms. The molecule has 5 amide bonds. The van der Waals surface area contributed by atoms with Crippen LogP contribution in [0.15, 0.2) is 73.6 Å². The summed E-state index contributed by atoms with van der Waals surface area (Å²) in [6.07, 6.45) is 5.85. The highest BCUT2D eigenvalue weighted by atomic mass is 32.2. The van der Waals surface area contributed by atoms with Crippen LogP contribution in [0.2, 0.25) is 0 Å². The Morgan fingerprint density at radius 2 is 1.00 bits per heavy atom. The van der Waals surface area contributed by atoms with Crippen LogP contribution in [0.3, 0.4) is 0 Å². The van der Waals surface area contributed by atoms with Crippen molar-refractivity contribution in [3.63, 3.8) is 0 Å². The number of phenolic OH excluding ortho intramolecular Hbond substituents is 2. The molecule has 0 bridgehead atoms. The first-order valence-corrected chi connectivity index (χ1v) is 20.2. The minimum absolute atomic E-state index is 0.0558. The molecular weight excluding hydrogens is 817 g/mol. The van der Waals surface area contributed by atoms with Crippen LogP contribution in [-0.2, 0) is 59.2 Å². The van der Waals surface area contributed by atoms with Crippen molar-refractivity contribution in [1.82, 2.24) is 46.5 Å². The number of imidazole rings is 2. The molecule has 0 aliphatic carbocycles. The van der Waals surface area contributed by atoms with Gasteiger partial charge in [-0.25, -0.2) is 14.8 Å². The zero-order valence-electron chi connectivity index (χ0n) is 32.9. The van der Waals surface area contributed by atoms with E-state index in [0.29, 0.717) is 34.7 Å². The molecule has 0 spiro atoms. The number of nitrogens with two attached hydrogens (primary N) is 1. The number of rotatable bonds is 24. The number of H-pyrrole nitrogens is 2. The molecule has 0 radical (unpaired) electrons. The second-order valence-electron chi connectivity index (χ2n) is 13.9. The Morgan fingerprint density at radius 1 is 0.607 bits per heavy atom. The number of nitrogens with one attached hydrogen (secondary N) is 7. The third kappa shape index (κ3) is 15.3. The van der Waals surface area contributed by atoms with Crippen LogP contribution in [0, 0.1) is 0 Å². The van der Waals surface area contributed by atoms with Gasteiger partial charge in [-0.05, 0) is 53.8 Å². The molecule has 4 aromatic rings. The number of hydrogen-bond donors (Lipinski definition) is 12. The highest BCUT2D eigenvalue weighted by Crippen LogP contribution is 2.14. The van der Waals surface area contributed by atoms with Gasteiger partial charge in [0.05, 0.1) is 25.1 Å². The largest absolute Gasteiger partial charge is 0.508 e. The molecule has 0 fully saturated rings.